The average Bonchev–Trinajstić information content (AvgIpc) is 2.11. The second-order valence-corrected chi connectivity index (χ2v) is 3.06. The molecule has 5 heteroatoms. The highest BCUT2D eigenvalue weighted by molar-refractivity contribution is 5.85. The van der Waals surface area contributed by atoms with E-state index >= 15 is 0 Å². The quantitative estimate of drug-likeness (QED) is 0.600. The zero-order valence-electron chi connectivity index (χ0n) is 7.87. The Morgan fingerprint density at radius 3 is 3.00 bits per heavy atom. The summed E-state index contributed by atoms with van der Waals surface area (Å²) in [7, 11) is 1.55. The van der Waals surface area contributed by atoms with Gasteiger partial charge in [-0.2, -0.15) is 0 Å². The molecule has 1 aliphatic heterocycles. The van der Waals surface area contributed by atoms with Crippen molar-refractivity contribution in [3.8, 4) is 0 Å². The molecule has 13 heavy (non-hydrogen) atoms. The Bertz CT molecular complexity index is 217. The van der Waals surface area contributed by atoms with Gasteiger partial charge in [-0.05, 0) is 6.92 Å². The van der Waals surface area contributed by atoms with Gasteiger partial charge in [0.15, 0.2) is 0 Å². The zero-order valence-corrected chi connectivity index (χ0v) is 7.87. The fraction of sp³-hybridized carbons (Fsp3) is 0.750. The van der Waals surface area contributed by atoms with Crippen LogP contribution in [0.5, 0.6) is 0 Å². The second kappa shape index (κ2) is 4.23. The van der Waals surface area contributed by atoms with Gasteiger partial charge in [-0.3, -0.25) is 9.59 Å². The first kappa shape index (κ1) is 9.98. The van der Waals surface area contributed by atoms with E-state index in [9.17, 15) is 9.59 Å². The summed E-state index contributed by atoms with van der Waals surface area (Å²) >= 11 is 0. The highest BCUT2D eigenvalue weighted by atomic mass is 16.5. The fourth-order valence-electron chi connectivity index (χ4n) is 1.21. The van der Waals surface area contributed by atoms with E-state index in [1.54, 1.807) is 7.05 Å². The lowest BCUT2D eigenvalue weighted by Gasteiger charge is -2.32. The second-order valence-electron chi connectivity index (χ2n) is 3.06. The highest BCUT2D eigenvalue weighted by Gasteiger charge is 2.26. The molecular weight excluding hydrogens is 172 g/mol. The lowest BCUT2D eigenvalue weighted by atomic mass is 10.2. The van der Waals surface area contributed by atoms with Crippen LogP contribution in [0.2, 0.25) is 0 Å². The molecule has 1 N–H and O–H groups in total. The van der Waals surface area contributed by atoms with E-state index in [-0.39, 0.29) is 31.0 Å². The maximum atomic E-state index is 11.3. The van der Waals surface area contributed by atoms with Gasteiger partial charge < -0.3 is 15.0 Å². The van der Waals surface area contributed by atoms with E-state index in [0.717, 1.165) is 0 Å². The minimum absolute atomic E-state index is 0.0152. The number of morpholine rings is 1. The van der Waals surface area contributed by atoms with Crippen LogP contribution in [-0.2, 0) is 14.3 Å². The number of carbonyl (C=O) groups excluding carboxylic acids is 2. The number of nitrogens with one attached hydrogen (secondary N) is 1. The van der Waals surface area contributed by atoms with Crippen molar-refractivity contribution in [2.45, 2.75) is 13.0 Å². The van der Waals surface area contributed by atoms with E-state index < -0.39 is 0 Å². The molecule has 1 aliphatic rings. The molecule has 2 amide bonds. The van der Waals surface area contributed by atoms with Crippen LogP contribution in [-0.4, -0.2) is 49.6 Å². The number of hydrogen-bond donors (Lipinski definition) is 1. The van der Waals surface area contributed by atoms with Crippen LogP contribution in [0.15, 0.2) is 0 Å². The molecule has 1 unspecified atom stereocenters. The molecule has 0 bridgehead atoms. The summed E-state index contributed by atoms with van der Waals surface area (Å²) in [5.74, 6) is -0.274. The number of nitrogens with zero attached hydrogens (tertiary/aromatic N) is 1. The van der Waals surface area contributed by atoms with Crippen LogP contribution in [0.4, 0.5) is 0 Å². The zero-order chi connectivity index (χ0) is 9.84. The Hall–Kier alpha value is -1.10. The van der Waals surface area contributed by atoms with Gasteiger partial charge in [0.05, 0.1) is 19.2 Å². The van der Waals surface area contributed by atoms with Gasteiger partial charge in [0.1, 0.15) is 6.61 Å². The molecule has 1 rings (SSSR count). The Morgan fingerprint density at radius 1 is 1.77 bits per heavy atom. The normalized spacial score (nSPS) is 23.1. The minimum atomic E-state index is -0.151. The van der Waals surface area contributed by atoms with Crippen LogP contribution >= 0.6 is 0 Å². The molecule has 0 radical (unpaired) electrons. The third-order valence-corrected chi connectivity index (χ3v) is 2.03. The van der Waals surface area contributed by atoms with Gasteiger partial charge in [-0.15, -0.1) is 0 Å². The third-order valence-electron chi connectivity index (χ3n) is 2.03. The molecule has 1 fully saturated rings. The maximum Gasteiger partial charge on any atom is 0.249 e. The molecule has 0 aromatic heterocycles. The molecule has 1 heterocycles. The molecule has 0 aliphatic carbocycles. The molecule has 0 saturated carbocycles. The minimum Gasteiger partial charge on any atom is -0.370 e. The van der Waals surface area contributed by atoms with E-state index in [1.165, 1.54) is 4.90 Å². The Morgan fingerprint density at radius 2 is 2.46 bits per heavy atom. The van der Waals surface area contributed by atoms with E-state index in [0.29, 0.717) is 6.61 Å². The molecule has 5 nitrogen and oxygen atoms in total. The van der Waals surface area contributed by atoms with Crippen molar-refractivity contribution in [2.24, 2.45) is 0 Å². The van der Waals surface area contributed by atoms with E-state index in [1.807, 2.05) is 6.92 Å². The van der Waals surface area contributed by atoms with Crippen molar-refractivity contribution in [3.05, 3.63) is 0 Å². The largest absolute Gasteiger partial charge is 0.370 e. The summed E-state index contributed by atoms with van der Waals surface area (Å²) in [5, 5.41) is 2.48. The lowest BCUT2D eigenvalue weighted by Crippen LogP contribution is -2.51. The number of amides is 2. The van der Waals surface area contributed by atoms with Crippen molar-refractivity contribution in [1.29, 1.82) is 0 Å². The number of hydrogen-bond acceptors (Lipinski definition) is 3. The number of carbonyl (C=O) groups is 2. The van der Waals surface area contributed by atoms with E-state index in [4.69, 9.17) is 4.74 Å². The van der Waals surface area contributed by atoms with Gasteiger partial charge in [0, 0.05) is 7.05 Å². The molecule has 1 atom stereocenters. The Kier molecular flexibility index (Phi) is 3.25. The lowest BCUT2D eigenvalue weighted by molar-refractivity contribution is -0.150. The maximum absolute atomic E-state index is 11.3. The highest BCUT2D eigenvalue weighted by Crippen LogP contribution is 2.06. The molecule has 1 saturated heterocycles. The van der Waals surface area contributed by atoms with Crippen LogP contribution in [0, 0.1) is 0 Å². The molecule has 74 valence electrons. The van der Waals surface area contributed by atoms with Crippen LogP contribution < -0.4 is 5.32 Å². The van der Waals surface area contributed by atoms with Gasteiger partial charge in [0.2, 0.25) is 11.8 Å². The summed E-state index contributed by atoms with van der Waals surface area (Å²) in [5.41, 5.74) is 0. The smallest absolute Gasteiger partial charge is 0.249 e. The van der Waals surface area contributed by atoms with Crippen molar-refractivity contribution in [1.82, 2.24) is 10.2 Å². The van der Waals surface area contributed by atoms with Crippen molar-refractivity contribution in [3.63, 3.8) is 0 Å². The average molecular weight is 186 g/mol. The topological polar surface area (TPSA) is 58.6 Å². The van der Waals surface area contributed by atoms with Crippen molar-refractivity contribution in [2.75, 3.05) is 26.8 Å². The third kappa shape index (κ3) is 2.42. The molecule has 0 aromatic carbocycles. The van der Waals surface area contributed by atoms with Gasteiger partial charge >= 0.3 is 0 Å². The predicted octanol–water partition coefficient (Wildman–Crippen LogP) is -1.02. The summed E-state index contributed by atoms with van der Waals surface area (Å²) < 4.78 is 5.02. The first-order valence-corrected chi connectivity index (χ1v) is 4.23. The molecular formula is C8H14N2O3. The molecule has 0 spiro atoms. The van der Waals surface area contributed by atoms with Gasteiger partial charge in [-0.1, -0.05) is 0 Å². The predicted molar refractivity (Wildman–Crippen MR) is 46.1 cm³/mol. The first-order chi connectivity index (χ1) is 6.15. The SMILES string of the molecule is CNC(=O)CN1C(=O)COCC1C. The van der Waals surface area contributed by atoms with Crippen LogP contribution in [0.3, 0.4) is 0 Å². The summed E-state index contributed by atoms with van der Waals surface area (Å²) in [6.45, 7) is 2.57. The summed E-state index contributed by atoms with van der Waals surface area (Å²) in [4.78, 5) is 23.8. The Balaban J connectivity index is 2.53. The fourth-order valence-corrected chi connectivity index (χ4v) is 1.21. The summed E-state index contributed by atoms with van der Waals surface area (Å²) in [6.07, 6.45) is 0. The van der Waals surface area contributed by atoms with Crippen LogP contribution in [0.25, 0.3) is 0 Å². The van der Waals surface area contributed by atoms with Gasteiger partial charge in [0.25, 0.3) is 0 Å². The summed E-state index contributed by atoms with van der Waals surface area (Å²) in [6, 6.07) is -0.0152. The van der Waals surface area contributed by atoms with E-state index in [2.05, 4.69) is 5.32 Å². The Labute approximate surface area is 77.0 Å². The number of rotatable bonds is 2. The van der Waals surface area contributed by atoms with Crippen molar-refractivity contribution >= 4 is 11.8 Å². The number of likely N-dealkylation sites (N-methyl/N-ethyl adjacent to an activating group) is 1. The van der Waals surface area contributed by atoms with Gasteiger partial charge in [-0.25, -0.2) is 0 Å². The standard InChI is InChI=1S/C8H14N2O3/c1-6-4-13-5-8(12)10(6)3-7(11)9-2/h6H,3-5H2,1-2H3,(H,9,11). The number of ether oxygens (including phenoxy) is 1. The van der Waals surface area contributed by atoms with Crippen molar-refractivity contribution < 1.29 is 14.3 Å². The monoisotopic (exact) mass is 186 g/mol. The molecule has 0 aromatic rings. The van der Waals surface area contributed by atoms with Crippen LogP contribution in [0.1, 0.15) is 6.92 Å². The first-order valence-electron chi connectivity index (χ1n) is 4.23.